The summed E-state index contributed by atoms with van der Waals surface area (Å²) in [5, 5.41) is 0.705. The van der Waals surface area contributed by atoms with Crippen LogP contribution < -0.4 is 0 Å². The third kappa shape index (κ3) is 2.90. The fourth-order valence-electron chi connectivity index (χ4n) is 2.65. The Balaban J connectivity index is 2.14. The topological polar surface area (TPSA) is 17.1 Å². The molecule has 2 heteroatoms. The highest BCUT2D eigenvalue weighted by molar-refractivity contribution is 6.30. The average Bonchev–Trinajstić information content (AvgIpc) is 2.29. The first kappa shape index (κ1) is 12.6. The lowest BCUT2D eigenvalue weighted by atomic mass is 9.79. The normalized spacial score (nSPS) is 24.6. The third-order valence-electron chi connectivity index (χ3n) is 3.84. The third-order valence-corrected chi connectivity index (χ3v) is 4.08. The van der Waals surface area contributed by atoms with Gasteiger partial charge in [0.1, 0.15) is 0 Å². The summed E-state index contributed by atoms with van der Waals surface area (Å²) in [6.07, 6.45) is 4.45. The number of aryl methyl sites for hydroxylation is 1. The molecule has 1 nitrogen and oxygen atoms in total. The standard InChI is InChI=1S/C15H19ClO/c1-10-3-5-12(6-4-10)15(17)14-8-7-13(16)9-11(14)2/h7-10,12H,3-6H2,1-2H3. The summed E-state index contributed by atoms with van der Waals surface area (Å²) in [6, 6.07) is 5.56. The summed E-state index contributed by atoms with van der Waals surface area (Å²) in [7, 11) is 0. The Morgan fingerprint density at radius 1 is 1.24 bits per heavy atom. The second-order valence-electron chi connectivity index (χ2n) is 5.28. The molecule has 1 fully saturated rings. The highest BCUT2D eigenvalue weighted by Crippen LogP contribution is 2.31. The average molecular weight is 251 g/mol. The van der Waals surface area contributed by atoms with Crippen molar-refractivity contribution in [1.82, 2.24) is 0 Å². The molecule has 0 saturated heterocycles. The van der Waals surface area contributed by atoms with Crippen molar-refractivity contribution >= 4 is 17.4 Å². The summed E-state index contributed by atoms with van der Waals surface area (Å²) in [4.78, 5) is 12.4. The molecule has 92 valence electrons. The summed E-state index contributed by atoms with van der Waals surface area (Å²) in [6.45, 7) is 4.23. The van der Waals surface area contributed by atoms with Gasteiger partial charge >= 0.3 is 0 Å². The highest BCUT2D eigenvalue weighted by Gasteiger charge is 2.25. The quantitative estimate of drug-likeness (QED) is 0.698. The van der Waals surface area contributed by atoms with E-state index in [1.807, 2.05) is 25.1 Å². The van der Waals surface area contributed by atoms with Crippen molar-refractivity contribution in [2.45, 2.75) is 39.5 Å². The lowest BCUT2D eigenvalue weighted by Crippen LogP contribution is -2.21. The van der Waals surface area contributed by atoms with Crippen LogP contribution in [0.2, 0.25) is 5.02 Å². The van der Waals surface area contributed by atoms with E-state index in [2.05, 4.69) is 6.92 Å². The van der Waals surface area contributed by atoms with Gasteiger partial charge in [0.25, 0.3) is 0 Å². The molecular weight excluding hydrogens is 232 g/mol. The van der Waals surface area contributed by atoms with Crippen molar-refractivity contribution in [2.75, 3.05) is 0 Å². The molecule has 0 bridgehead atoms. The van der Waals surface area contributed by atoms with E-state index in [0.29, 0.717) is 10.8 Å². The fourth-order valence-corrected chi connectivity index (χ4v) is 2.87. The van der Waals surface area contributed by atoms with Crippen LogP contribution in [-0.2, 0) is 0 Å². The van der Waals surface area contributed by atoms with Crippen molar-refractivity contribution < 1.29 is 4.79 Å². The minimum Gasteiger partial charge on any atom is -0.294 e. The van der Waals surface area contributed by atoms with Gasteiger partial charge in [-0.2, -0.15) is 0 Å². The molecule has 1 aliphatic carbocycles. The number of rotatable bonds is 2. The summed E-state index contributed by atoms with van der Waals surface area (Å²) in [5.74, 6) is 1.32. The van der Waals surface area contributed by atoms with Crippen LogP contribution in [0.15, 0.2) is 18.2 Å². The van der Waals surface area contributed by atoms with Gasteiger partial charge in [-0.1, -0.05) is 31.4 Å². The van der Waals surface area contributed by atoms with Crippen molar-refractivity contribution in [3.8, 4) is 0 Å². The van der Waals surface area contributed by atoms with E-state index in [1.165, 1.54) is 12.8 Å². The monoisotopic (exact) mass is 250 g/mol. The second kappa shape index (κ2) is 5.22. The maximum absolute atomic E-state index is 12.4. The van der Waals surface area contributed by atoms with Crippen LogP contribution in [0.1, 0.15) is 48.5 Å². The lowest BCUT2D eigenvalue weighted by Gasteiger charge is -2.25. The Morgan fingerprint density at radius 2 is 1.88 bits per heavy atom. The maximum atomic E-state index is 12.4. The molecule has 0 atom stereocenters. The molecule has 0 amide bonds. The van der Waals surface area contributed by atoms with E-state index in [0.717, 1.165) is 29.9 Å². The SMILES string of the molecule is Cc1cc(Cl)ccc1C(=O)C1CCC(C)CC1. The van der Waals surface area contributed by atoms with Crippen LogP contribution >= 0.6 is 11.6 Å². The minimum atomic E-state index is 0.228. The van der Waals surface area contributed by atoms with E-state index >= 15 is 0 Å². The first-order valence-corrected chi connectivity index (χ1v) is 6.76. The number of halogens is 1. The van der Waals surface area contributed by atoms with Crippen LogP contribution in [0, 0.1) is 18.8 Å². The van der Waals surface area contributed by atoms with Crippen molar-refractivity contribution in [3.63, 3.8) is 0 Å². The molecule has 0 N–H and O–H groups in total. The van der Waals surface area contributed by atoms with Crippen molar-refractivity contribution in [2.24, 2.45) is 11.8 Å². The van der Waals surface area contributed by atoms with Gasteiger partial charge in [0.05, 0.1) is 0 Å². The van der Waals surface area contributed by atoms with Crippen molar-refractivity contribution in [3.05, 3.63) is 34.3 Å². The largest absolute Gasteiger partial charge is 0.294 e. The smallest absolute Gasteiger partial charge is 0.166 e. The van der Waals surface area contributed by atoms with Crippen LogP contribution in [0.3, 0.4) is 0 Å². The molecule has 0 aromatic heterocycles. The second-order valence-corrected chi connectivity index (χ2v) is 5.72. The molecular formula is C15H19ClO. The molecule has 0 radical (unpaired) electrons. The number of carbonyl (C=O) groups is 1. The van der Waals surface area contributed by atoms with Gasteiger partial charge in [-0.25, -0.2) is 0 Å². The van der Waals surface area contributed by atoms with Crippen LogP contribution in [0.25, 0.3) is 0 Å². The number of ketones is 1. The molecule has 1 aromatic rings. The Kier molecular flexibility index (Phi) is 3.88. The molecule has 0 heterocycles. The Hall–Kier alpha value is -0.820. The van der Waals surface area contributed by atoms with Gasteiger partial charge in [-0.15, -0.1) is 0 Å². The zero-order valence-corrected chi connectivity index (χ0v) is 11.3. The van der Waals surface area contributed by atoms with E-state index in [9.17, 15) is 4.79 Å². The molecule has 2 rings (SSSR count). The first-order chi connectivity index (χ1) is 8.08. The number of hydrogen-bond donors (Lipinski definition) is 0. The van der Waals surface area contributed by atoms with Crippen LogP contribution in [-0.4, -0.2) is 5.78 Å². The number of benzene rings is 1. The molecule has 1 aliphatic rings. The summed E-state index contributed by atoms with van der Waals surface area (Å²) < 4.78 is 0. The zero-order chi connectivity index (χ0) is 12.4. The number of hydrogen-bond acceptors (Lipinski definition) is 1. The van der Waals surface area contributed by atoms with E-state index in [4.69, 9.17) is 11.6 Å². The molecule has 0 spiro atoms. The predicted octanol–water partition coefficient (Wildman–Crippen LogP) is 4.66. The summed E-state index contributed by atoms with van der Waals surface area (Å²) >= 11 is 5.92. The van der Waals surface area contributed by atoms with Gasteiger partial charge in [-0.05, 0) is 49.4 Å². The number of Topliss-reactive ketones (excluding diaryl/α,β-unsaturated/α-hetero) is 1. The lowest BCUT2D eigenvalue weighted by molar-refractivity contribution is 0.0875. The Morgan fingerprint density at radius 3 is 2.47 bits per heavy atom. The Labute approximate surface area is 108 Å². The molecule has 0 aliphatic heterocycles. The van der Waals surface area contributed by atoms with Crippen molar-refractivity contribution in [1.29, 1.82) is 0 Å². The molecule has 1 aromatic carbocycles. The molecule has 17 heavy (non-hydrogen) atoms. The van der Waals surface area contributed by atoms with Gasteiger partial charge in [0, 0.05) is 16.5 Å². The Bertz CT molecular complexity index is 417. The molecule has 1 saturated carbocycles. The van der Waals surface area contributed by atoms with Gasteiger partial charge in [0.15, 0.2) is 5.78 Å². The minimum absolute atomic E-state index is 0.228. The molecule has 0 unspecified atom stereocenters. The first-order valence-electron chi connectivity index (χ1n) is 6.38. The number of carbonyl (C=O) groups excluding carboxylic acids is 1. The van der Waals surface area contributed by atoms with Crippen LogP contribution in [0.5, 0.6) is 0 Å². The van der Waals surface area contributed by atoms with E-state index < -0.39 is 0 Å². The van der Waals surface area contributed by atoms with Gasteiger partial charge in [0.2, 0.25) is 0 Å². The van der Waals surface area contributed by atoms with E-state index in [1.54, 1.807) is 0 Å². The highest BCUT2D eigenvalue weighted by atomic mass is 35.5. The maximum Gasteiger partial charge on any atom is 0.166 e. The van der Waals surface area contributed by atoms with Gasteiger partial charge in [-0.3, -0.25) is 4.79 Å². The zero-order valence-electron chi connectivity index (χ0n) is 10.5. The predicted molar refractivity (Wildman–Crippen MR) is 71.6 cm³/mol. The van der Waals surface area contributed by atoms with Crippen LogP contribution in [0.4, 0.5) is 0 Å². The fraction of sp³-hybridized carbons (Fsp3) is 0.533. The van der Waals surface area contributed by atoms with E-state index in [-0.39, 0.29) is 5.92 Å². The summed E-state index contributed by atoms with van der Waals surface area (Å²) in [5.41, 5.74) is 1.86. The van der Waals surface area contributed by atoms with Gasteiger partial charge < -0.3 is 0 Å².